The van der Waals surface area contributed by atoms with Gasteiger partial charge in [-0.25, -0.2) is 4.79 Å². The summed E-state index contributed by atoms with van der Waals surface area (Å²) in [5, 5.41) is 23.9. The predicted octanol–water partition coefficient (Wildman–Crippen LogP) is 2.23. The number of urea groups is 1. The summed E-state index contributed by atoms with van der Waals surface area (Å²) in [6.45, 7) is 2.06. The van der Waals surface area contributed by atoms with Gasteiger partial charge in [0.2, 0.25) is 0 Å². The van der Waals surface area contributed by atoms with Crippen molar-refractivity contribution in [2.24, 2.45) is 5.41 Å². The molecule has 1 aromatic rings. The average molecular weight is 273 g/mol. The number of nitriles is 1. The molecule has 0 radical (unpaired) electrons. The third-order valence-corrected chi connectivity index (χ3v) is 4.00. The molecule has 20 heavy (non-hydrogen) atoms. The Labute approximate surface area is 118 Å². The third kappa shape index (κ3) is 3.09. The molecule has 5 nitrogen and oxygen atoms in total. The van der Waals surface area contributed by atoms with Crippen molar-refractivity contribution in [2.45, 2.75) is 32.2 Å². The van der Waals surface area contributed by atoms with Crippen molar-refractivity contribution in [1.82, 2.24) is 5.32 Å². The summed E-state index contributed by atoms with van der Waals surface area (Å²) >= 11 is 0. The highest BCUT2D eigenvalue weighted by molar-refractivity contribution is 5.89. The maximum atomic E-state index is 12.0. The van der Waals surface area contributed by atoms with Crippen molar-refractivity contribution < 1.29 is 9.90 Å². The molecule has 1 saturated carbocycles. The number of hydrogen-bond donors (Lipinski definition) is 3. The van der Waals surface area contributed by atoms with E-state index in [0.717, 1.165) is 19.3 Å². The molecule has 106 valence electrons. The fourth-order valence-corrected chi connectivity index (χ4v) is 2.66. The maximum Gasteiger partial charge on any atom is 0.319 e. The van der Waals surface area contributed by atoms with E-state index in [-0.39, 0.29) is 24.1 Å². The van der Waals surface area contributed by atoms with Crippen molar-refractivity contribution in [1.29, 1.82) is 5.26 Å². The van der Waals surface area contributed by atoms with Crippen molar-refractivity contribution in [3.63, 3.8) is 0 Å². The van der Waals surface area contributed by atoms with Crippen LogP contribution in [-0.4, -0.2) is 23.8 Å². The second kappa shape index (κ2) is 5.93. The summed E-state index contributed by atoms with van der Waals surface area (Å²) < 4.78 is 0. The lowest BCUT2D eigenvalue weighted by Crippen LogP contribution is -2.46. The molecule has 1 aromatic carbocycles. The Morgan fingerprint density at radius 1 is 1.60 bits per heavy atom. The lowest BCUT2D eigenvalue weighted by atomic mass is 9.86. The first kappa shape index (κ1) is 14.4. The quantitative estimate of drug-likeness (QED) is 0.789. The highest BCUT2D eigenvalue weighted by Crippen LogP contribution is 2.37. The van der Waals surface area contributed by atoms with E-state index in [1.54, 1.807) is 24.3 Å². The van der Waals surface area contributed by atoms with Crippen molar-refractivity contribution in [3.8, 4) is 6.07 Å². The number of carbonyl (C=O) groups excluding carboxylic acids is 1. The first-order valence-corrected chi connectivity index (χ1v) is 6.76. The molecule has 5 heteroatoms. The van der Waals surface area contributed by atoms with E-state index >= 15 is 0 Å². The van der Waals surface area contributed by atoms with Gasteiger partial charge < -0.3 is 15.7 Å². The van der Waals surface area contributed by atoms with E-state index in [0.29, 0.717) is 11.3 Å². The van der Waals surface area contributed by atoms with Gasteiger partial charge >= 0.3 is 6.03 Å². The molecule has 0 bridgehead atoms. The summed E-state index contributed by atoms with van der Waals surface area (Å²) in [6, 6.07) is 8.48. The second-order valence-corrected chi connectivity index (χ2v) is 5.55. The summed E-state index contributed by atoms with van der Waals surface area (Å²) in [4.78, 5) is 12.0. The highest BCUT2D eigenvalue weighted by Gasteiger charge is 2.39. The molecule has 2 amide bonds. The van der Waals surface area contributed by atoms with Gasteiger partial charge in [0.1, 0.15) is 0 Å². The minimum absolute atomic E-state index is 0.0216. The number of aliphatic hydroxyl groups is 1. The highest BCUT2D eigenvalue weighted by atomic mass is 16.3. The molecule has 0 heterocycles. The Morgan fingerprint density at radius 3 is 3.10 bits per heavy atom. The van der Waals surface area contributed by atoms with E-state index in [1.807, 2.05) is 13.0 Å². The zero-order valence-electron chi connectivity index (χ0n) is 11.5. The molecule has 0 saturated heterocycles. The van der Waals surface area contributed by atoms with E-state index in [4.69, 9.17) is 5.26 Å². The smallest absolute Gasteiger partial charge is 0.319 e. The Kier molecular flexibility index (Phi) is 4.26. The lowest BCUT2D eigenvalue weighted by molar-refractivity contribution is 0.122. The molecule has 0 spiro atoms. The monoisotopic (exact) mass is 273 g/mol. The number of aliphatic hydroxyl groups excluding tert-OH is 1. The van der Waals surface area contributed by atoms with Crippen molar-refractivity contribution in [3.05, 3.63) is 29.8 Å². The minimum atomic E-state index is -0.299. The van der Waals surface area contributed by atoms with Crippen LogP contribution in [0, 0.1) is 16.7 Å². The van der Waals surface area contributed by atoms with Crippen LogP contribution >= 0.6 is 0 Å². The third-order valence-electron chi connectivity index (χ3n) is 4.00. The molecule has 0 aromatic heterocycles. The summed E-state index contributed by atoms with van der Waals surface area (Å²) in [6.07, 6.45) is 2.80. The Balaban J connectivity index is 1.97. The fraction of sp³-hybridized carbons (Fsp3) is 0.467. The minimum Gasteiger partial charge on any atom is -0.396 e. The van der Waals surface area contributed by atoms with Crippen LogP contribution in [-0.2, 0) is 0 Å². The van der Waals surface area contributed by atoms with Gasteiger partial charge in [-0.1, -0.05) is 19.4 Å². The van der Waals surface area contributed by atoms with Gasteiger partial charge in [0.25, 0.3) is 0 Å². The summed E-state index contributed by atoms with van der Waals surface area (Å²) in [7, 11) is 0. The normalized spacial score (nSPS) is 24.9. The van der Waals surface area contributed by atoms with Crippen LogP contribution in [0.1, 0.15) is 31.7 Å². The Bertz CT molecular complexity index is 538. The number of anilines is 1. The van der Waals surface area contributed by atoms with Gasteiger partial charge in [0.05, 0.1) is 18.2 Å². The molecule has 2 rings (SSSR count). The first-order valence-electron chi connectivity index (χ1n) is 6.76. The first-order chi connectivity index (χ1) is 9.57. The van der Waals surface area contributed by atoms with Gasteiger partial charge in [-0.2, -0.15) is 5.26 Å². The van der Waals surface area contributed by atoms with Crippen LogP contribution in [0.25, 0.3) is 0 Å². The Morgan fingerprint density at radius 2 is 2.40 bits per heavy atom. The number of rotatable bonds is 3. The number of amides is 2. The van der Waals surface area contributed by atoms with Crippen LogP contribution in [0.4, 0.5) is 10.5 Å². The van der Waals surface area contributed by atoms with Crippen LogP contribution in [0.5, 0.6) is 0 Å². The molecule has 1 aliphatic rings. The Hall–Kier alpha value is -2.06. The molecular formula is C15H19N3O2. The summed E-state index contributed by atoms with van der Waals surface area (Å²) in [5.74, 6) is 0. The molecule has 2 unspecified atom stereocenters. The number of carbonyl (C=O) groups is 1. The second-order valence-electron chi connectivity index (χ2n) is 5.55. The molecule has 3 N–H and O–H groups in total. The average Bonchev–Trinajstić information content (AvgIpc) is 2.81. The SMILES string of the molecule is CC1(CO)CCCC1NC(=O)Nc1cccc(C#N)c1. The van der Waals surface area contributed by atoms with E-state index in [9.17, 15) is 9.90 Å². The molecule has 1 fully saturated rings. The zero-order chi connectivity index (χ0) is 14.6. The van der Waals surface area contributed by atoms with Crippen LogP contribution in [0.3, 0.4) is 0 Å². The van der Waals surface area contributed by atoms with Crippen molar-refractivity contribution >= 4 is 11.7 Å². The number of benzene rings is 1. The molecule has 2 atom stereocenters. The topological polar surface area (TPSA) is 85.2 Å². The zero-order valence-corrected chi connectivity index (χ0v) is 11.5. The van der Waals surface area contributed by atoms with Crippen LogP contribution in [0.2, 0.25) is 0 Å². The lowest BCUT2D eigenvalue weighted by Gasteiger charge is -2.30. The van der Waals surface area contributed by atoms with E-state index in [1.165, 1.54) is 0 Å². The van der Waals surface area contributed by atoms with Gasteiger partial charge in [-0.3, -0.25) is 0 Å². The molecule has 0 aliphatic heterocycles. The van der Waals surface area contributed by atoms with Crippen molar-refractivity contribution in [2.75, 3.05) is 11.9 Å². The number of nitrogens with zero attached hydrogens (tertiary/aromatic N) is 1. The van der Waals surface area contributed by atoms with E-state index in [2.05, 4.69) is 10.6 Å². The predicted molar refractivity (Wildman–Crippen MR) is 76.1 cm³/mol. The van der Waals surface area contributed by atoms with Crippen LogP contribution < -0.4 is 10.6 Å². The van der Waals surface area contributed by atoms with Gasteiger partial charge in [-0.05, 0) is 31.0 Å². The van der Waals surface area contributed by atoms with Gasteiger partial charge in [0, 0.05) is 17.1 Å². The summed E-state index contributed by atoms with van der Waals surface area (Å²) in [5.41, 5.74) is 0.848. The largest absolute Gasteiger partial charge is 0.396 e. The fourth-order valence-electron chi connectivity index (χ4n) is 2.66. The van der Waals surface area contributed by atoms with Crippen LogP contribution in [0.15, 0.2) is 24.3 Å². The number of hydrogen-bond acceptors (Lipinski definition) is 3. The standard InChI is InChI=1S/C15H19N3O2/c1-15(10-19)7-3-6-13(15)18-14(20)17-12-5-2-4-11(8-12)9-16/h2,4-5,8,13,19H,3,6-7,10H2,1H3,(H2,17,18,20). The molecule has 1 aliphatic carbocycles. The molecular weight excluding hydrogens is 254 g/mol. The van der Waals surface area contributed by atoms with Gasteiger partial charge in [-0.15, -0.1) is 0 Å². The van der Waals surface area contributed by atoms with Gasteiger partial charge in [0.15, 0.2) is 0 Å². The maximum absolute atomic E-state index is 12.0. The van der Waals surface area contributed by atoms with E-state index < -0.39 is 0 Å². The number of nitrogens with one attached hydrogen (secondary N) is 2.